The monoisotopic (exact) mass is 324 g/mol. The lowest BCUT2D eigenvalue weighted by Gasteiger charge is -2.19. The summed E-state index contributed by atoms with van der Waals surface area (Å²) < 4.78 is 1.67. The molecule has 124 valence electrons. The molecule has 0 N–H and O–H groups in total. The van der Waals surface area contributed by atoms with Gasteiger partial charge >= 0.3 is 0 Å². The highest BCUT2D eigenvalue weighted by molar-refractivity contribution is 6.21. The fourth-order valence-electron chi connectivity index (χ4n) is 3.82. The van der Waals surface area contributed by atoms with Gasteiger partial charge in [-0.25, -0.2) is 9.58 Å². The Morgan fingerprint density at radius 2 is 1.83 bits per heavy atom. The average Bonchev–Trinajstić information content (AvgIpc) is 3.11. The van der Waals surface area contributed by atoms with Gasteiger partial charge < -0.3 is 0 Å². The van der Waals surface area contributed by atoms with Crippen LogP contribution in [0.1, 0.15) is 36.8 Å². The third-order valence-corrected chi connectivity index (χ3v) is 4.99. The Kier molecular flexibility index (Phi) is 3.67. The Hall–Kier alpha value is -2.50. The minimum absolute atomic E-state index is 0.127. The van der Waals surface area contributed by atoms with Crippen LogP contribution in [0.4, 0.5) is 5.95 Å². The fraction of sp³-hybridized carbons (Fsp3) is 0.444. The lowest BCUT2D eigenvalue weighted by molar-refractivity contribution is -0.122. The largest absolute Gasteiger partial charge is 0.274 e. The molecular weight excluding hydrogens is 304 g/mol. The first-order valence-electron chi connectivity index (χ1n) is 8.46. The normalized spacial score (nSPS) is 23.6. The minimum atomic E-state index is -0.171. The summed E-state index contributed by atoms with van der Waals surface area (Å²) in [5, 5.41) is 4.37. The number of carbonyl (C=O) groups excluding carboxylic acids is 2. The van der Waals surface area contributed by atoms with Crippen LogP contribution < -0.4 is 4.90 Å². The molecule has 1 aromatic carbocycles. The van der Waals surface area contributed by atoms with E-state index in [2.05, 4.69) is 16.1 Å². The average molecular weight is 324 g/mol. The molecule has 2 unspecified atom stereocenters. The Morgan fingerprint density at radius 3 is 2.50 bits per heavy atom. The quantitative estimate of drug-likeness (QED) is 0.813. The molecule has 1 saturated carbocycles. The van der Waals surface area contributed by atoms with Crippen molar-refractivity contribution in [3.8, 4) is 0 Å². The van der Waals surface area contributed by atoms with E-state index < -0.39 is 0 Å². The predicted molar refractivity (Wildman–Crippen MR) is 88.2 cm³/mol. The summed E-state index contributed by atoms with van der Waals surface area (Å²) in [5.74, 6) is -0.381. The number of nitrogens with zero attached hydrogens (tertiary/aromatic N) is 4. The SMILES string of the molecule is Cc1cccc(Cn2cnc(N3C(=O)C4CCCCC4C3=O)n2)c1. The van der Waals surface area contributed by atoms with Crippen LogP contribution in [-0.2, 0) is 16.1 Å². The van der Waals surface area contributed by atoms with Crippen molar-refractivity contribution >= 4 is 17.8 Å². The van der Waals surface area contributed by atoms with Crippen molar-refractivity contribution in [2.45, 2.75) is 39.2 Å². The molecule has 2 amide bonds. The Labute approximate surface area is 140 Å². The number of fused-ring (bicyclic) bond motifs is 1. The zero-order valence-corrected chi connectivity index (χ0v) is 13.7. The number of rotatable bonds is 3. The number of imide groups is 1. The van der Waals surface area contributed by atoms with E-state index in [1.54, 1.807) is 11.0 Å². The van der Waals surface area contributed by atoms with Crippen molar-refractivity contribution in [3.05, 3.63) is 41.7 Å². The molecule has 0 spiro atoms. The van der Waals surface area contributed by atoms with Gasteiger partial charge in [-0.3, -0.25) is 9.59 Å². The van der Waals surface area contributed by atoms with Crippen LogP contribution in [-0.4, -0.2) is 26.6 Å². The maximum Gasteiger partial charge on any atom is 0.258 e. The highest BCUT2D eigenvalue weighted by atomic mass is 16.2. The molecule has 1 aliphatic heterocycles. The van der Waals surface area contributed by atoms with Crippen LogP contribution in [0.5, 0.6) is 0 Å². The lowest BCUT2D eigenvalue weighted by atomic mass is 9.81. The summed E-state index contributed by atoms with van der Waals surface area (Å²) in [5.41, 5.74) is 2.29. The molecule has 6 heteroatoms. The van der Waals surface area contributed by atoms with E-state index in [-0.39, 0.29) is 29.6 Å². The van der Waals surface area contributed by atoms with Crippen molar-refractivity contribution in [2.75, 3.05) is 4.90 Å². The van der Waals surface area contributed by atoms with E-state index in [0.717, 1.165) is 31.2 Å². The van der Waals surface area contributed by atoms with Crippen LogP contribution in [0.3, 0.4) is 0 Å². The van der Waals surface area contributed by atoms with Gasteiger partial charge in [-0.1, -0.05) is 42.7 Å². The van der Waals surface area contributed by atoms with Crippen molar-refractivity contribution in [3.63, 3.8) is 0 Å². The second-order valence-corrected chi connectivity index (χ2v) is 6.74. The molecule has 2 atom stereocenters. The first-order chi connectivity index (χ1) is 11.6. The van der Waals surface area contributed by atoms with E-state index in [0.29, 0.717) is 6.54 Å². The Balaban J connectivity index is 1.56. The third-order valence-electron chi connectivity index (χ3n) is 4.99. The van der Waals surface area contributed by atoms with E-state index in [1.165, 1.54) is 10.5 Å². The molecule has 1 saturated heterocycles. The smallest absolute Gasteiger partial charge is 0.258 e. The molecule has 0 radical (unpaired) electrons. The molecule has 24 heavy (non-hydrogen) atoms. The molecule has 1 aromatic heterocycles. The van der Waals surface area contributed by atoms with Gasteiger partial charge in [-0.05, 0) is 25.3 Å². The van der Waals surface area contributed by atoms with Crippen molar-refractivity contribution < 1.29 is 9.59 Å². The Bertz CT molecular complexity index is 774. The number of aromatic nitrogens is 3. The van der Waals surface area contributed by atoms with E-state index in [1.807, 2.05) is 25.1 Å². The van der Waals surface area contributed by atoms with Gasteiger partial charge in [-0.2, -0.15) is 4.98 Å². The molecule has 6 nitrogen and oxygen atoms in total. The molecule has 0 bridgehead atoms. The van der Waals surface area contributed by atoms with Crippen LogP contribution in [0.15, 0.2) is 30.6 Å². The van der Waals surface area contributed by atoms with Gasteiger partial charge in [0.2, 0.25) is 11.8 Å². The number of hydrogen-bond donors (Lipinski definition) is 0. The second-order valence-electron chi connectivity index (χ2n) is 6.74. The topological polar surface area (TPSA) is 68.1 Å². The highest BCUT2D eigenvalue weighted by Crippen LogP contribution is 2.39. The first kappa shape index (κ1) is 15.1. The van der Waals surface area contributed by atoms with E-state index >= 15 is 0 Å². The van der Waals surface area contributed by atoms with E-state index in [4.69, 9.17) is 0 Å². The number of anilines is 1. The van der Waals surface area contributed by atoms with Crippen molar-refractivity contribution in [1.29, 1.82) is 0 Å². The summed E-state index contributed by atoms with van der Waals surface area (Å²) in [4.78, 5) is 30.6. The predicted octanol–water partition coefficient (Wildman–Crippen LogP) is 2.31. The van der Waals surface area contributed by atoms with Crippen LogP contribution in [0, 0.1) is 18.8 Å². The summed E-state index contributed by atoms with van der Waals surface area (Å²) in [7, 11) is 0. The van der Waals surface area contributed by atoms with Crippen LogP contribution >= 0.6 is 0 Å². The molecule has 4 rings (SSSR count). The summed E-state index contributed by atoms with van der Waals surface area (Å²) in [6, 6.07) is 8.15. The first-order valence-corrected chi connectivity index (χ1v) is 8.46. The standard InChI is InChI=1S/C18H20N4O2/c1-12-5-4-6-13(9-12)10-21-11-19-18(20-21)22-16(23)14-7-2-3-8-15(14)17(22)24/h4-6,9,11,14-15H,2-3,7-8,10H2,1H3. The number of hydrogen-bond acceptors (Lipinski definition) is 4. The van der Waals surface area contributed by atoms with Gasteiger partial charge in [0.05, 0.1) is 18.4 Å². The summed E-state index contributed by atoms with van der Waals surface area (Å²) >= 11 is 0. The zero-order valence-electron chi connectivity index (χ0n) is 13.7. The minimum Gasteiger partial charge on any atom is -0.274 e. The van der Waals surface area contributed by atoms with E-state index in [9.17, 15) is 9.59 Å². The van der Waals surface area contributed by atoms with Crippen molar-refractivity contribution in [2.24, 2.45) is 11.8 Å². The molecule has 2 aromatic rings. The number of aryl methyl sites for hydroxylation is 1. The van der Waals surface area contributed by atoms with Gasteiger partial charge in [0, 0.05) is 0 Å². The molecular formula is C18H20N4O2. The maximum atomic E-state index is 12.6. The van der Waals surface area contributed by atoms with Crippen molar-refractivity contribution in [1.82, 2.24) is 14.8 Å². The van der Waals surface area contributed by atoms with Gasteiger partial charge in [-0.15, -0.1) is 5.10 Å². The Morgan fingerprint density at radius 1 is 1.12 bits per heavy atom. The van der Waals surface area contributed by atoms with Crippen LogP contribution in [0.2, 0.25) is 0 Å². The lowest BCUT2D eigenvalue weighted by Crippen LogP contribution is -2.32. The second kappa shape index (κ2) is 5.85. The van der Waals surface area contributed by atoms with Crippen LogP contribution in [0.25, 0.3) is 0 Å². The van der Waals surface area contributed by atoms with Gasteiger partial charge in [0.1, 0.15) is 6.33 Å². The fourth-order valence-corrected chi connectivity index (χ4v) is 3.82. The molecule has 1 aliphatic carbocycles. The summed E-state index contributed by atoms with van der Waals surface area (Å²) in [6.45, 7) is 2.61. The summed E-state index contributed by atoms with van der Waals surface area (Å²) in [6.07, 6.45) is 5.22. The number of amides is 2. The third kappa shape index (κ3) is 2.52. The highest BCUT2D eigenvalue weighted by Gasteiger charge is 2.50. The molecule has 2 aliphatic rings. The maximum absolute atomic E-state index is 12.6. The molecule has 2 heterocycles. The molecule has 2 fully saturated rings. The number of carbonyl (C=O) groups is 2. The van der Waals surface area contributed by atoms with Gasteiger partial charge in [0.25, 0.3) is 5.95 Å². The number of benzene rings is 1. The van der Waals surface area contributed by atoms with Gasteiger partial charge in [0.15, 0.2) is 0 Å². The zero-order chi connectivity index (χ0) is 16.7.